The first-order valence-electron chi connectivity index (χ1n) is 6.93. The van der Waals surface area contributed by atoms with Gasteiger partial charge in [0.25, 0.3) is 5.91 Å². The van der Waals surface area contributed by atoms with Gasteiger partial charge in [-0.1, -0.05) is 0 Å². The van der Waals surface area contributed by atoms with Crippen LogP contribution in [0.1, 0.15) is 32.7 Å². The molecule has 0 bridgehead atoms. The van der Waals surface area contributed by atoms with Gasteiger partial charge in [-0.25, -0.2) is 4.98 Å². The highest BCUT2D eigenvalue weighted by molar-refractivity contribution is 7.09. The van der Waals surface area contributed by atoms with Gasteiger partial charge < -0.3 is 9.64 Å². The third-order valence-corrected chi connectivity index (χ3v) is 4.74. The van der Waals surface area contributed by atoms with E-state index in [0.29, 0.717) is 24.3 Å². The van der Waals surface area contributed by atoms with E-state index in [1.807, 2.05) is 12.3 Å². The Morgan fingerprint density at radius 1 is 1.50 bits per heavy atom. The third kappa shape index (κ3) is 2.44. The topological polar surface area (TPSA) is 66.2 Å². The number of nitriles is 1. The van der Waals surface area contributed by atoms with Crippen LogP contribution < -0.4 is 4.74 Å². The SMILES string of the molecule is COc1ccc2c(c1)C(C#N)N(CCc1nc(C)cs1)C2=O. The number of aryl methyl sites for hydroxylation is 1. The molecule has 3 rings (SSSR count). The van der Waals surface area contributed by atoms with Gasteiger partial charge >= 0.3 is 0 Å². The Labute approximate surface area is 132 Å². The molecule has 5 nitrogen and oxygen atoms in total. The highest BCUT2D eigenvalue weighted by Gasteiger charge is 2.36. The second-order valence-corrected chi connectivity index (χ2v) is 6.06. The lowest BCUT2D eigenvalue weighted by atomic mass is 10.1. The maximum absolute atomic E-state index is 12.5. The van der Waals surface area contributed by atoms with Gasteiger partial charge in [-0.15, -0.1) is 11.3 Å². The van der Waals surface area contributed by atoms with Crippen LogP contribution in [0.4, 0.5) is 0 Å². The summed E-state index contributed by atoms with van der Waals surface area (Å²) in [7, 11) is 1.57. The molecule has 0 N–H and O–H groups in total. The van der Waals surface area contributed by atoms with Crippen LogP contribution in [0.25, 0.3) is 0 Å². The summed E-state index contributed by atoms with van der Waals surface area (Å²) in [6.07, 6.45) is 0.660. The minimum Gasteiger partial charge on any atom is -0.497 e. The zero-order valence-corrected chi connectivity index (χ0v) is 13.2. The molecule has 1 aliphatic rings. The largest absolute Gasteiger partial charge is 0.497 e. The molecule has 1 aromatic carbocycles. The second-order valence-electron chi connectivity index (χ2n) is 5.12. The number of rotatable bonds is 4. The van der Waals surface area contributed by atoms with E-state index in [0.717, 1.165) is 16.3 Å². The Morgan fingerprint density at radius 2 is 2.32 bits per heavy atom. The fourth-order valence-corrected chi connectivity index (χ4v) is 3.40. The smallest absolute Gasteiger partial charge is 0.255 e. The number of carbonyl (C=O) groups is 1. The molecule has 6 heteroatoms. The molecule has 2 heterocycles. The minimum atomic E-state index is -0.557. The lowest BCUT2D eigenvalue weighted by Gasteiger charge is -2.19. The van der Waals surface area contributed by atoms with Crippen LogP contribution in [-0.2, 0) is 6.42 Å². The fourth-order valence-electron chi connectivity index (χ4n) is 2.63. The van der Waals surface area contributed by atoms with Crippen molar-refractivity contribution in [2.45, 2.75) is 19.4 Å². The van der Waals surface area contributed by atoms with E-state index in [1.165, 1.54) is 0 Å². The molecule has 1 atom stereocenters. The van der Waals surface area contributed by atoms with Crippen molar-refractivity contribution in [3.63, 3.8) is 0 Å². The van der Waals surface area contributed by atoms with E-state index in [4.69, 9.17) is 4.74 Å². The first kappa shape index (κ1) is 14.5. The molecule has 0 saturated carbocycles. The number of benzene rings is 1. The number of amides is 1. The van der Waals surface area contributed by atoms with Crippen molar-refractivity contribution in [1.29, 1.82) is 5.26 Å². The molecule has 1 amide bonds. The molecule has 1 aromatic heterocycles. The summed E-state index contributed by atoms with van der Waals surface area (Å²) in [4.78, 5) is 18.5. The van der Waals surface area contributed by atoms with E-state index in [9.17, 15) is 10.1 Å². The van der Waals surface area contributed by atoms with Crippen LogP contribution in [0.15, 0.2) is 23.6 Å². The summed E-state index contributed by atoms with van der Waals surface area (Å²) in [6.45, 7) is 2.43. The summed E-state index contributed by atoms with van der Waals surface area (Å²) in [5.74, 6) is 0.557. The number of thiazole rings is 1. The average Bonchev–Trinajstić information content (AvgIpc) is 3.06. The third-order valence-electron chi connectivity index (χ3n) is 3.71. The predicted octanol–water partition coefficient (Wildman–Crippen LogP) is 2.72. The minimum absolute atomic E-state index is 0.0996. The molecule has 22 heavy (non-hydrogen) atoms. The van der Waals surface area contributed by atoms with E-state index < -0.39 is 6.04 Å². The van der Waals surface area contributed by atoms with Crippen LogP contribution in [-0.4, -0.2) is 29.4 Å². The Morgan fingerprint density at radius 3 is 2.95 bits per heavy atom. The standard InChI is InChI=1S/C16H15N3O2S/c1-10-9-22-15(18-10)5-6-19-14(8-17)13-7-11(21-2)3-4-12(13)16(19)20/h3-4,7,9,14H,5-6H2,1-2H3. The molecule has 0 aliphatic carbocycles. The van der Waals surface area contributed by atoms with Crippen LogP contribution >= 0.6 is 11.3 Å². The number of nitrogens with zero attached hydrogens (tertiary/aromatic N) is 3. The van der Waals surface area contributed by atoms with Crippen LogP contribution in [0.5, 0.6) is 5.75 Å². The molecular formula is C16H15N3O2S. The van der Waals surface area contributed by atoms with E-state index >= 15 is 0 Å². The number of hydrogen-bond donors (Lipinski definition) is 0. The van der Waals surface area contributed by atoms with E-state index in [-0.39, 0.29) is 5.91 Å². The number of fused-ring (bicyclic) bond motifs is 1. The molecular weight excluding hydrogens is 298 g/mol. The molecule has 1 aliphatic heterocycles. The quantitative estimate of drug-likeness (QED) is 0.870. The maximum atomic E-state index is 12.5. The summed E-state index contributed by atoms with van der Waals surface area (Å²) < 4.78 is 5.19. The molecule has 2 aromatic rings. The number of hydrogen-bond acceptors (Lipinski definition) is 5. The summed E-state index contributed by atoms with van der Waals surface area (Å²) >= 11 is 1.58. The van der Waals surface area contributed by atoms with Gasteiger partial charge in [0.1, 0.15) is 11.8 Å². The van der Waals surface area contributed by atoms with Crippen molar-refractivity contribution in [3.05, 3.63) is 45.4 Å². The summed E-state index contributed by atoms with van der Waals surface area (Å²) in [5, 5.41) is 12.4. The van der Waals surface area contributed by atoms with Gasteiger partial charge in [0.2, 0.25) is 0 Å². The number of carbonyl (C=O) groups excluding carboxylic acids is 1. The maximum Gasteiger partial charge on any atom is 0.255 e. The molecule has 0 saturated heterocycles. The Bertz CT molecular complexity index is 763. The zero-order chi connectivity index (χ0) is 15.7. The fraction of sp³-hybridized carbons (Fsp3) is 0.312. The van der Waals surface area contributed by atoms with Crippen LogP contribution in [0.2, 0.25) is 0 Å². The van der Waals surface area contributed by atoms with Gasteiger partial charge in [-0.3, -0.25) is 4.79 Å². The highest BCUT2D eigenvalue weighted by Crippen LogP contribution is 2.35. The zero-order valence-electron chi connectivity index (χ0n) is 12.4. The van der Waals surface area contributed by atoms with Crippen LogP contribution in [0, 0.1) is 18.3 Å². The summed E-state index contributed by atoms with van der Waals surface area (Å²) in [5.41, 5.74) is 2.29. The van der Waals surface area contributed by atoms with Crippen molar-refractivity contribution in [3.8, 4) is 11.8 Å². The Hall–Kier alpha value is -2.39. The Kier molecular flexibility index (Phi) is 3.82. The lowest BCUT2D eigenvalue weighted by molar-refractivity contribution is 0.0759. The van der Waals surface area contributed by atoms with Crippen LogP contribution in [0.3, 0.4) is 0 Å². The highest BCUT2D eigenvalue weighted by atomic mass is 32.1. The normalized spacial score (nSPS) is 16.5. The van der Waals surface area contributed by atoms with E-state index in [2.05, 4.69) is 11.1 Å². The first-order valence-corrected chi connectivity index (χ1v) is 7.81. The molecule has 112 valence electrons. The van der Waals surface area contributed by atoms with Gasteiger partial charge in [-0.05, 0) is 25.1 Å². The average molecular weight is 313 g/mol. The van der Waals surface area contributed by atoms with Crippen molar-refractivity contribution < 1.29 is 9.53 Å². The predicted molar refractivity (Wildman–Crippen MR) is 82.9 cm³/mol. The van der Waals surface area contributed by atoms with Gasteiger partial charge in [0, 0.05) is 35.2 Å². The van der Waals surface area contributed by atoms with E-state index in [1.54, 1.807) is 41.5 Å². The lowest BCUT2D eigenvalue weighted by Crippen LogP contribution is -2.29. The van der Waals surface area contributed by atoms with Gasteiger partial charge in [-0.2, -0.15) is 5.26 Å². The van der Waals surface area contributed by atoms with Crippen molar-refractivity contribution in [2.24, 2.45) is 0 Å². The van der Waals surface area contributed by atoms with Gasteiger partial charge in [0.15, 0.2) is 0 Å². The molecule has 0 fully saturated rings. The Balaban J connectivity index is 1.83. The molecule has 1 unspecified atom stereocenters. The molecule has 0 radical (unpaired) electrons. The number of ether oxygens (including phenoxy) is 1. The number of aromatic nitrogens is 1. The first-order chi connectivity index (χ1) is 10.6. The van der Waals surface area contributed by atoms with Crippen molar-refractivity contribution >= 4 is 17.2 Å². The number of methoxy groups -OCH3 is 1. The molecule has 0 spiro atoms. The van der Waals surface area contributed by atoms with Gasteiger partial charge in [0.05, 0.1) is 18.2 Å². The summed E-state index contributed by atoms with van der Waals surface area (Å²) in [6, 6.07) is 6.92. The monoisotopic (exact) mass is 313 g/mol. The van der Waals surface area contributed by atoms with Crippen molar-refractivity contribution in [1.82, 2.24) is 9.88 Å². The van der Waals surface area contributed by atoms with Crippen molar-refractivity contribution in [2.75, 3.05) is 13.7 Å². The second kappa shape index (κ2) is 5.78.